The summed E-state index contributed by atoms with van der Waals surface area (Å²) < 4.78 is 6.55. The summed E-state index contributed by atoms with van der Waals surface area (Å²) in [5.74, 6) is 0.637. The fraction of sp³-hybridized carbons (Fsp3) is 0.600. The first kappa shape index (κ1) is 21.9. The number of amides is 2. The minimum Gasteiger partial charge on any atom is -0.489 e. The molecule has 1 saturated heterocycles. The molecular weight excluding hydrogens is 390 g/mol. The SMILES string of the molecule is C=C1CCC(N2Cc3cc(O[C@@H]4CCCCC[C@H]4N(CC)CC)ccc3C2=O)C(=O)N1. The quantitative estimate of drug-likeness (QED) is 0.703. The molecule has 31 heavy (non-hydrogen) atoms. The van der Waals surface area contributed by atoms with Gasteiger partial charge in [-0.2, -0.15) is 0 Å². The zero-order valence-corrected chi connectivity index (χ0v) is 18.9. The van der Waals surface area contributed by atoms with Gasteiger partial charge in [-0.25, -0.2) is 0 Å². The summed E-state index contributed by atoms with van der Waals surface area (Å²) in [5, 5.41) is 2.79. The number of carbonyl (C=O) groups is 2. The number of ether oxygens (including phenoxy) is 1. The van der Waals surface area contributed by atoms with Gasteiger partial charge in [0.1, 0.15) is 17.9 Å². The highest BCUT2D eigenvalue weighted by Gasteiger charge is 2.38. The van der Waals surface area contributed by atoms with Gasteiger partial charge in [0.25, 0.3) is 5.91 Å². The molecule has 3 aliphatic rings. The van der Waals surface area contributed by atoms with Crippen LogP contribution in [0.1, 0.15) is 74.7 Å². The van der Waals surface area contributed by atoms with Crippen molar-refractivity contribution >= 4 is 11.8 Å². The topological polar surface area (TPSA) is 61.9 Å². The lowest BCUT2D eigenvalue weighted by Crippen LogP contribution is -2.49. The summed E-state index contributed by atoms with van der Waals surface area (Å²) in [5.41, 5.74) is 2.37. The summed E-state index contributed by atoms with van der Waals surface area (Å²) in [4.78, 5) is 29.6. The number of nitrogens with one attached hydrogen (secondary N) is 1. The van der Waals surface area contributed by atoms with E-state index in [1.807, 2.05) is 18.2 Å². The number of nitrogens with zero attached hydrogens (tertiary/aromatic N) is 2. The number of benzene rings is 1. The molecule has 1 aromatic rings. The molecule has 6 heteroatoms. The molecule has 1 unspecified atom stereocenters. The van der Waals surface area contributed by atoms with Gasteiger partial charge in [0, 0.05) is 23.8 Å². The van der Waals surface area contributed by atoms with Crippen molar-refractivity contribution in [1.82, 2.24) is 15.1 Å². The molecule has 2 heterocycles. The number of allylic oxidation sites excluding steroid dienone is 1. The number of piperidine rings is 1. The Hall–Kier alpha value is -2.34. The summed E-state index contributed by atoms with van der Waals surface area (Å²) in [7, 11) is 0. The number of fused-ring (bicyclic) bond motifs is 1. The van der Waals surface area contributed by atoms with Gasteiger partial charge in [0.2, 0.25) is 5.91 Å². The standard InChI is InChI=1S/C25H35N3O3/c1-4-27(5-2)21-9-7-6-8-10-23(21)31-19-12-13-20-18(15-19)16-28(25(20)30)22-14-11-17(3)26-24(22)29/h12-13,15,21-23H,3-11,14,16H2,1-2H3,(H,26,29)/t21-,22?,23-/m1/s1. The lowest BCUT2D eigenvalue weighted by molar-refractivity contribution is -0.126. The van der Waals surface area contributed by atoms with Crippen molar-refractivity contribution < 1.29 is 14.3 Å². The molecule has 0 bridgehead atoms. The fourth-order valence-electron chi connectivity index (χ4n) is 5.38. The molecule has 2 fully saturated rings. The Bertz CT molecular complexity index is 848. The maximum atomic E-state index is 13.0. The lowest BCUT2D eigenvalue weighted by atomic mass is 10.0. The number of hydrogen-bond acceptors (Lipinski definition) is 4. The van der Waals surface area contributed by atoms with Crippen molar-refractivity contribution in [2.45, 2.75) is 83.5 Å². The smallest absolute Gasteiger partial charge is 0.255 e. The van der Waals surface area contributed by atoms with E-state index < -0.39 is 6.04 Å². The second kappa shape index (κ2) is 9.43. The van der Waals surface area contributed by atoms with Gasteiger partial charge in [-0.15, -0.1) is 0 Å². The summed E-state index contributed by atoms with van der Waals surface area (Å²) in [6.45, 7) is 10.8. The molecule has 0 radical (unpaired) electrons. The van der Waals surface area contributed by atoms with E-state index in [0.717, 1.165) is 36.5 Å². The zero-order chi connectivity index (χ0) is 22.0. The molecule has 1 aliphatic carbocycles. The number of hydrogen-bond donors (Lipinski definition) is 1. The van der Waals surface area contributed by atoms with E-state index in [9.17, 15) is 9.59 Å². The zero-order valence-electron chi connectivity index (χ0n) is 18.9. The number of rotatable bonds is 6. The van der Waals surface area contributed by atoms with Crippen LogP contribution in [0.4, 0.5) is 0 Å². The van der Waals surface area contributed by atoms with Crippen molar-refractivity contribution in [1.29, 1.82) is 0 Å². The Balaban J connectivity index is 1.50. The van der Waals surface area contributed by atoms with Gasteiger partial charge < -0.3 is 15.0 Å². The molecule has 3 atom stereocenters. The third-order valence-corrected chi connectivity index (χ3v) is 7.09. The highest BCUT2D eigenvalue weighted by atomic mass is 16.5. The third-order valence-electron chi connectivity index (χ3n) is 7.09. The van der Waals surface area contributed by atoms with Gasteiger partial charge in [-0.3, -0.25) is 14.5 Å². The van der Waals surface area contributed by atoms with Crippen molar-refractivity contribution in [2.24, 2.45) is 0 Å². The maximum Gasteiger partial charge on any atom is 0.255 e. The van der Waals surface area contributed by atoms with Gasteiger partial charge in [0.15, 0.2) is 0 Å². The van der Waals surface area contributed by atoms with Gasteiger partial charge in [0.05, 0.1) is 0 Å². The Labute approximate surface area is 185 Å². The lowest BCUT2D eigenvalue weighted by Gasteiger charge is -2.35. The van der Waals surface area contributed by atoms with Crippen LogP contribution in [0, 0.1) is 0 Å². The van der Waals surface area contributed by atoms with Gasteiger partial charge in [-0.05, 0) is 69.0 Å². The highest BCUT2D eigenvalue weighted by molar-refractivity contribution is 6.01. The maximum absolute atomic E-state index is 13.0. The number of carbonyl (C=O) groups excluding carboxylic acids is 2. The second-order valence-electron chi connectivity index (χ2n) is 8.98. The van der Waals surface area contributed by atoms with Crippen LogP contribution in [0.2, 0.25) is 0 Å². The van der Waals surface area contributed by atoms with Crippen LogP contribution in [-0.4, -0.2) is 52.9 Å². The normalized spacial score (nSPS) is 26.6. The van der Waals surface area contributed by atoms with E-state index in [2.05, 4.69) is 30.6 Å². The van der Waals surface area contributed by atoms with Crippen LogP contribution in [0.3, 0.4) is 0 Å². The van der Waals surface area contributed by atoms with E-state index in [1.165, 1.54) is 25.7 Å². The van der Waals surface area contributed by atoms with Gasteiger partial charge in [-0.1, -0.05) is 33.3 Å². The van der Waals surface area contributed by atoms with Crippen LogP contribution >= 0.6 is 0 Å². The predicted octanol–water partition coefficient (Wildman–Crippen LogP) is 3.86. The van der Waals surface area contributed by atoms with Crippen molar-refractivity contribution in [2.75, 3.05) is 13.1 Å². The molecular formula is C25H35N3O3. The fourth-order valence-corrected chi connectivity index (χ4v) is 5.38. The molecule has 1 aromatic carbocycles. The van der Waals surface area contributed by atoms with Crippen molar-refractivity contribution in [3.8, 4) is 5.75 Å². The summed E-state index contributed by atoms with van der Waals surface area (Å²) in [6.07, 6.45) is 7.46. The van der Waals surface area contributed by atoms with Crippen molar-refractivity contribution in [3.05, 3.63) is 41.6 Å². The Kier molecular flexibility index (Phi) is 6.65. The van der Waals surface area contributed by atoms with Crippen molar-refractivity contribution in [3.63, 3.8) is 0 Å². The minimum atomic E-state index is -0.427. The van der Waals surface area contributed by atoms with Crippen LogP contribution in [0.15, 0.2) is 30.5 Å². The minimum absolute atomic E-state index is 0.0651. The predicted molar refractivity (Wildman–Crippen MR) is 121 cm³/mol. The van der Waals surface area contributed by atoms with Crippen LogP contribution in [0.25, 0.3) is 0 Å². The molecule has 1 N–H and O–H groups in total. The largest absolute Gasteiger partial charge is 0.489 e. The van der Waals surface area contributed by atoms with Gasteiger partial charge >= 0.3 is 0 Å². The summed E-state index contributed by atoms with van der Waals surface area (Å²) in [6, 6.07) is 5.81. The van der Waals surface area contributed by atoms with Crippen LogP contribution in [0.5, 0.6) is 5.75 Å². The van der Waals surface area contributed by atoms with Crippen LogP contribution in [-0.2, 0) is 11.3 Å². The highest BCUT2D eigenvalue weighted by Crippen LogP contribution is 2.32. The second-order valence-corrected chi connectivity index (χ2v) is 8.98. The monoisotopic (exact) mass is 425 g/mol. The molecule has 6 nitrogen and oxygen atoms in total. The average Bonchev–Trinajstić information content (AvgIpc) is 2.91. The van der Waals surface area contributed by atoms with Crippen LogP contribution < -0.4 is 10.1 Å². The Morgan fingerprint density at radius 1 is 1.13 bits per heavy atom. The molecule has 0 spiro atoms. The Morgan fingerprint density at radius 3 is 2.65 bits per heavy atom. The first-order chi connectivity index (χ1) is 15.0. The third kappa shape index (κ3) is 4.49. The van der Waals surface area contributed by atoms with E-state index in [1.54, 1.807) is 4.90 Å². The first-order valence-electron chi connectivity index (χ1n) is 11.8. The molecule has 4 rings (SSSR count). The van der Waals surface area contributed by atoms with E-state index in [-0.39, 0.29) is 17.9 Å². The van der Waals surface area contributed by atoms with E-state index in [0.29, 0.717) is 31.0 Å². The molecule has 0 aromatic heterocycles. The summed E-state index contributed by atoms with van der Waals surface area (Å²) >= 11 is 0. The molecule has 2 aliphatic heterocycles. The first-order valence-corrected chi connectivity index (χ1v) is 11.8. The molecule has 168 valence electrons. The van der Waals surface area contributed by atoms with E-state index in [4.69, 9.17) is 4.74 Å². The molecule has 1 saturated carbocycles. The van der Waals surface area contributed by atoms with E-state index >= 15 is 0 Å². The number of likely N-dealkylation sites (N-methyl/N-ethyl adjacent to an activating group) is 1. The average molecular weight is 426 g/mol. The Morgan fingerprint density at radius 2 is 1.90 bits per heavy atom. The molecule has 2 amide bonds.